The molecule has 2 N–H and O–H groups in total. The Morgan fingerprint density at radius 3 is 3.04 bits per heavy atom. The average molecular weight is 379 g/mol. The molecule has 0 aliphatic carbocycles. The van der Waals surface area contributed by atoms with E-state index in [1.54, 1.807) is 24.4 Å². The smallest absolute Gasteiger partial charge is 0.316 e. The molecule has 3 heterocycles. The van der Waals surface area contributed by atoms with Crippen LogP contribution in [-0.2, 0) is 24.4 Å². The third-order valence-electron chi connectivity index (χ3n) is 4.16. The Balaban J connectivity index is 1.33. The summed E-state index contributed by atoms with van der Waals surface area (Å²) in [5, 5.41) is 9.23. The lowest BCUT2D eigenvalue weighted by Gasteiger charge is -2.17. The van der Waals surface area contributed by atoms with Gasteiger partial charge in [0.1, 0.15) is 5.75 Å². The maximum Gasteiger partial charge on any atom is 0.316 e. The van der Waals surface area contributed by atoms with Crippen LogP contribution in [0.15, 0.2) is 47.1 Å². The quantitative estimate of drug-likeness (QED) is 0.671. The van der Waals surface area contributed by atoms with Gasteiger partial charge in [-0.2, -0.15) is 4.98 Å². The number of ether oxygens (including phenoxy) is 1. The fourth-order valence-electron chi connectivity index (χ4n) is 2.74. The van der Waals surface area contributed by atoms with Crippen LogP contribution in [0.3, 0.4) is 0 Å². The molecular weight excluding hydrogens is 362 g/mol. The molecule has 1 aliphatic rings. The summed E-state index contributed by atoms with van der Waals surface area (Å²) < 4.78 is 10.6. The molecule has 3 aromatic rings. The highest BCUT2D eigenvalue weighted by molar-refractivity contribution is 5.94. The number of hydrogen-bond donors (Lipinski definition) is 2. The fraction of sp³-hybridized carbons (Fsp3) is 0.211. The molecule has 0 atom stereocenters. The Hall–Kier alpha value is -3.75. The van der Waals surface area contributed by atoms with E-state index in [0.717, 1.165) is 16.9 Å². The standard InChI is InChI=1S/C19H17N5O4/c25-17-7-5-12-4-6-14(9-15(12)22-17)27-11-16-23-19(28-24-16)18(26)21-10-13-3-1-2-8-20-13/h1-4,6,8-9H,5,7,10-11H2,(H,21,26)(H,22,25). The van der Waals surface area contributed by atoms with Crippen molar-refractivity contribution < 1.29 is 18.8 Å². The Morgan fingerprint density at radius 1 is 1.25 bits per heavy atom. The molecule has 0 unspecified atom stereocenters. The van der Waals surface area contributed by atoms with E-state index in [9.17, 15) is 9.59 Å². The van der Waals surface area contributed by atoms with Crippen LogP contribution in [0.2, 0.25) is 0 Å². The first-order chi connectivity index (χ1) is 13.7. The Labute approximate surface area is 160 Å². The molecule has 4 rings (SSSR count). The SMILES string of the molecule is O=C1CCc2ccc(OCc3noc(C(=O)NCc4ccccn4)n3)cc2N1. The number of aromatic nitrogens is 3. The van der Waals surface area contributed by atoms with Crippen molar-refractivity contribution in [3.63, 3.8) is 0 Å². The molecule has 9 nitrogen and oxygen atoms in total. The van der Waals surface area contributed by atoms with Crippen LogP contribution in [0.25, 0.3) is 0 Å². The molecule has 0 saturated carbocycles. The first-order valence-electron chi connectivity index (χ1n) is 8.73. The predicted molar refractivity (Wildman–Crippen MR) is 97.4 cm³/mol. The molecule has 142 valence electrons. The van der Waals surface area contributed by atoms with Gasteiger partial charge in [-0.3, -0.25) is 14.6 Å². The highest BCUT2D eigenvalue weighted by atomic mass is 16.5. The molecule has 0 spiro atoms. The Morgan fingerprint density at radius 2 is 2.18 bits per heavy atom. The van der Waals surface area contributed by atoms with Crippen LogP contribution < -0.4 is 15.4 Å². The van der Waals surface area contributed by atoms with Crippen LogP contribution in [0.5, 0.6) is 5.75 Å². The average Bonchev–Trinajstić information content (AvgIpc) is 3.20. The van der Waals surface area contributed by atoms with Gasteiger partial charge >= 0.3 is 11.8 Å². The number of pyridine rings is 1. The van der Waals surface area contributed by atoms with Crippen molar-refractivity contribution in [1.29, 1.82) is 0 Å². The van der Waals surface area contributed by atoms with Crippen molar-refractivity contribution in [3.8, 4) is 5.75 Å². The van der Waals surface area contributed by atoms with Crippen LogP contribution in [0.1, 0.15) is 34.2 Å². The van der Waals surface area contributed by atoms with E-state index in [0.29, 0.717) is 18.6 Å². The number of carbonyl (C=O) groups excluding carboxylic acids is 2. The summed E-state index contributed by atoms with van der Waals surface area (Å²) in [6, 6.07) is 10.9. The summed E-state index contributed by atoms with van der Waals surface area (Å²) in [4.78, 5) is 31.7. The minimum atomic E-state index is -0.485. The predicted octanol–water partition coefficient (Wildman–Crippen LogP) is 1.86. The van der Waals surface area contributed by atoms with E-state index in [1.165, 1.54) is 0 Å². The van der Waals surface area contributed by atoms with Gasteiger partial charge in [0.25, 0.3) is 0 Å². The van der Waals surface area contributed by atoms with Crippen LogP contribution in [-0.4, -0.2) is 26.9 Å². The number of carbonyl (C=O) groups is 2. The summed E-state index contributed by atoms with van der Waals surface area (Å²) in [5.41, 5.74) is 2.54. The van der Waals surface area contributed by atoms with Crippen molar-refractivity contribution in [3.05, 3.63) is 65.6 Å². The van der Waals surface area contributed by atoms with Crippen molar-refractivity contribution in [2.45, 2.75) is 26.0 Å². The van der Waals surface area contributed by atoms with E-state index in [4.69, 9.17) is 9.26 Å². The minimum Gasteiger partial charge on any atom is -0.485 e. The lowest BCUT2D eigenvalue weighted by Crippen LogP contribution is -2.23. The molecular formula is C19H17N5O4. The van der Waals surface area contributed by atoms with E-state index < -0.39 is 5.91 Å². The first-order valence-corrected chi connectivity index (χ1v) is 8.73. The minimum absolute atomic E-state index is 0.0100. The van der Waals surface area contributed by atoms with Crippen molar-refractivity contribution >= 4 is 17.5 Å². The van der Waals surface area contributed by atoms with Gasteiger partial charge in [0, 0.05) is 24.4 Å². The molecule has 2 amide bonds. The number of hydrogen-bond acceptors (Lipinski definition) is 7. The zero-order chi connectivity index (χ0) is 19.3. The maximum absolute atomic E-state index is 12.1. The monoisotopic (exact) mass is 379 g/mol. The Kier molecular flexibility index (Phi) is 4.96. The summed E-state index contributed by atoms with van der Waals surface area (Å²) in [5.74, 6) is 0.161. The number of nitrogens with zero attached hydrogens (tertiary/aromatic N) is 3. The Bertz CT molecular complexity index is 1000. The molecule has 9 heteroatoms. The highest BCUT2D eigenvalue weighted by Crippen LogP contribution is 2.27. The van der Waals surface area contributed by atoms with Gasteiger partial charge in [0.2, 0.25) is 11.7 Å². The van der Waals surface area contributed by atoms with E-state index in [1.807, 2.05) is 18.2 Å². The van der Waals surface area contributed by atoms with Crippen molar-refractivity contribution in [1.82, 2.24) is 20.4 Å². The fourth-order valence-corrected chi connectivity index (χ4v) is 2.74. The number of amides is 2. The third-order valence-corrected chi connectivity index (χ3v) is 4.16. The van der Waals surface area contributed by atoms with E-state index >= 15 is 0 Å². The molecule has 0 fully saturated rings. The number of rotatable bonds is 6. The van der Waals surface area contributed by atoms with Gasteiger partial charge in [0.15, 0.2) is 6.61 Å². The molecule has 1 aliphatic heterocycles. The number of benzene rings is 1. The summed E-state index contributed by atoms with van der Waals surface area (Å²) in [7, 11) is 0. The highest BCUT2D eigenvalue weighted by Gasteiger charge is 2.17. The number of fused-ring (bicyclic) bond motifs is 1. The lowest BCUT2D eigenvalue weighted by molar-refractivity contribution is -0.116. The van der Waals surface area contributed by atoms with Gasteiger partial charge in [-0.15, -0.1) is 0 Å². The normalized spacial score (nSPS) is 12.8. The van der Waals surface area contributed by atoms with E-state index in [2.05, 4.69) is 25.8 Å². The number of nitrogens with one attached hydrogen (secondary N) is 2. The second kappa shape index (κ2) is 7.87. The molecule has 0 radical (unpaired) electrons. The lowest BCUT2D eigenvalue weighted by atomic mass is 10.0. The van der Waals surface area contributed by atoms with Crippen LogP contribution in [0, 0.1) is 0 Å². The second-order valence-electron chi connectivity index (χ2n) is 6.18. The van der Waals surface area contributed by atoms with Gasteiger partial charge in [0.05, 0.1) is 12.2 Å². The van der Waals surface area contributed by atoms with Crippen LogP contribution in [0.4, 0.5) is 5.69 Å². The largest absolute Gasteiger partial charge is 0.485 e. The zero-order valence-electron chi connectivity index (χ0n) is 14.8. The van der Waals surface area contributed by atoms with Crippen LogP contribution >= 0.6 is 0 Å². The van der Waals surface area contributed by atoms with Gasteiger partial charge in [-0.1, -0.05) is 17.3 Å². The van der Waals surface area contributed by atoms with Gasteiger partial charge in [-0.25, -0.2) is 0 Å². The zero-order valence-corrected chi connectivity index (χ0v) is 14.8. The molecule has 2 aromatic heterocycles. The van der Waals surface area contributed by atoms with Gasteiger partial charge in [-0.05, 0) is 30.2 Å². The molecule has 0 saturated heterocycles. The molecule has 28 heavy (non-hydrogen) atoms. The summed E-state index contributed by atoms with van der Waals surface area (Å²) in [6.45, 7) is 0.290. The topological polar surface area (TPSA) is 119 Å². The summed E-state index contributed by atoms with van der Waals surface area (Å²) in [6.07, 6.45) is 2.85. The molecule has 0 bridgehead atoms. The number of anilines is 1. The van der Waals surface area contributed by atoms with Gasteiger partial charge < -0.3 is 19.9 Å². The second-order valence-corrected chi connectivity index (χ2v) is 6.18. The molecule has 1 aromatic carbocycles. The van der Waals surface area contributed by atoms with Crippen molar-refractivity contribution in [2.75, 3.05) is 5.32 Å². The van der Waals surface area contributed by atoms with Crippen molar-refractivity contribution in [2.24, 2.45) is 0 Å². The maximum atomic E-state index is 12.1. The summed E-state index contributed by atoms with van der Waals surface area (Å²) >= 11 is 0. The number of aryl methyl sites for hydroxylation is 1. The third kappa shape index (κ3) is 4.14. The van der Waals surface area contributed by atoms with E-state index in [-0.39, 0.29) is 30.8 Å². The first kappa shape index (κ1) is 17.7.